The second kappa shape index (κ2) is 7.85. The molecule has 0 saturated heterocycles. The summed E-state index contributed by atoms with van der Waals surface area (Å²) < 4.78 is 0. The van der Waals surface area contributed by atoms with Gasteiger partial charge in [-0.2, -0.15) is 10.2 Å². The van der Waals surface area contributed by atoms with Gasteiger partial charge in [0.15, 0.2) is 6.17 Å². The second-order valence-electron chi connectivity index (χ2n) is 10.9. The van der Waals surface area contributed by atoms with E-state index in [1.165, 1.54) is 5.56 Å². The fourth-order valence-corrected chi connectivity index (χ4v) is 6.40. The summed E-state index contributed by atoms with van der Waals surface area (Å²) in [5.41, 5.74) is 8.55. The molecule has 182 valence electrons. The van der Waals surface area contributed by atoms with Gasteiger partial charge in [0.2, 0.25) is 0 Å². The number of aryl methyl sites for hydroxylation is 2. The predicted octanol–water partition coefficient (Wildman–Crippen LogP) is 6.00. The van der Waals surface area contributed by atoms with Crippen molar-refractivity contribution in [3.05, 3.63) is 88.4 Å². The molecule has 36 heavy (non-hydrogen) atoms. The van der Waals surface area contributed by atoms with Gasteiger partial charge in [-0.05, 0) is 68.0 Å². The average molecular weight is 478 g/mol. The molecule has 1 aromatic heterocycles. The Morgan fingerprint density at radius 2 is 1.89 bits per heavy atom. The van der Waals surface area contributed by atoms with Gasteiger partial charge in [0, 0.05) is 34.8 Å². The number of hydrogen-bond donors (Lipinski definition) is 2. The number of nitrogens with zero attached hydrogens (tertiary/aromatic N) is 3. The third-order valence-electron chi connectivity index (χ3n) is 7.97. The van der Waals surface area contributed by atoms with Crippen LogP contribution in [0.2, 0.25) is 0 Å². The molecule has 1 unspecified atom stereocenters. The normalized spacial score (nSPS) is 24.2. The first-order chi connectivity index (χ1) is 17.2. The molecule has 0 radical (unpaired) electrons. The molecule has 6 rings (SSSR count). The van der Waals surface area contributed by atoms with E-state index in [-0.39, 0.29) is 17.6 Å². The van der Waals surface area contributed by atoms with Crippen LogP contribution in [0.3, 0.4) is 0 Å². The molecule has 0 saturated carbocycles. The minimum Gasteiger partial charge on any atom is -0.362 e. The first-order valence-corrected chi connectivity index (χ1v) is 12.6. The van der Waals surface area contributed by atoms with Crippen LogP contribution in [0.4, 0.5) is 0 Å². The molecule has 0 fully saturated rings. The van der Waals surface area contributed by atoms with E-state index in [4.69, 9.17) is 4.98 Å². The van der Waals surface area contributed by atoms with Crippen LogP contribution in [-0.4, -0.2) is 22.6 Å². The highest BCUT2D eigenvalue weighted by atomic mass is 16.2. The highest BCUT2D eigenvalue weighted by molar-refractivity contribution is 6.01. The van der Waals surface area contributed by atoms with Crippen molar-refractivity contribution in [1.82, 2.24) is 15.6 Å². The Morgan fingerprint density at radius 1 is 1.08 bits per heavy atom. The van der Waals surface area contributed by atoms with Crippen molar-refractivity contribution in [3.63, 3.8) is 0 Å². The van der Waals surface area contributed by atoms with E-state index in [1.807, 2.05) is 12.4 Å². The van der Waals surface area contributed by atoms with E-state index in [9.17, 15) is 4.79 Å². The van der Waals surface area contributed by atoms with Gasteiger partial charge in [-0.15, -0.1) is 0 Å². The first kappa shape index (κ1) is 22.7. The van der Waals surface area contributed by atoms with Crippen LogP contribution in [0, 0.1) is 13.8 Å². The monoisotopic (exact) mass is 477 g/mol. The van der Waals surface area contributed by atoms with Gasteiger partial charge in [0.1, 0.15) is 0 Å². The van der Waals surface area contributed by atoms with Crippen molar-refractivity contribution in [2.75, 3.05) is 0 Å². The SMILES string of the molecule is CC[C@@]1(c2cccc(-c3c(C)cnc4c(C)cccc34)c2)C2=CN=NC2NC2=C1C(=O)NC(C)(C)C2. The Labute approximate surface area is 211 Å². The average Bonchev–Trinajstić information content (AvgIpc) is 3.31. The summed E-state index contributed by atoms with van der Waals surface area (Å²) in [6.45, 7) is 10.5. The molecule has 6 nitrogen and oxygen atoms in total. The number of nitrogens with one attached hydrogen (secondary N) is 2. The summed E-state index contributed by atoms with van der Waals surface area (Å²) >= 11 is 0. The van der Waals surface area contributed by atoms with E-state index >= 15 is 0 Å². The zero-order chi connectivity index (χ0) is 25.2. The van der Waals surface area contributed by atoms with Crippen LogP contribution in [-0.2, 0) is 10.2 Å². The number of fused-ring (bicyclic) bond motifs is 2. The van der Waals surface area contributed by atoms with Gasteiger partial charge in [0.25, 0.3) is 5.91 Å². The summed E-state index contributed by atoms with van der Waals surface area (Å²) in [5.74, 6) is -0.0200. The smallest absolute Gasteiger partial charge is 0.250 e. The van der Waals surface area contributed by atoms with Crippen molar-refractivity contribution in [1.29, 1.82) is 0 Å². The quantitative estimate of drug-likeness (QED) is 0.486. The number of aromatic nitrogens is 1. The molecule has 0 spiro atoms. The Hall–Kier alpha value is -3.80. The number of amides is 1. The van der Waals surface area contributed by atoms with Crippen LogP contribution in [0.5, 0.6) is 0 Å². The van der Waals surface area contributed by atoms with Gasteiger partial charge in [0.05, 0.1) is 22.7 Å². The summed E-state index contributed by atoms with van der Waals surface area (Å²) in [4.78, 5) is 18.4. The molecular formula is C30H31N5O. The van der Waals surface area contributed by atoms with Crippen LogP contribution < -0.4 is 10.6 Å². The van der Waals surface area contributed by atoms with Crippen LogP contribution in [0.1, 0.15) is 50.3 Å². The summed E-state index contributed by atoms with van der Waals surface area (Å²) in [7, 11) is 0. The molecule has 2 atom stereocenters. The maximum absolute atomic E-state index is 13.7. The number of carbonyl (C=O) groups excluding carboxylic acids is 1. The molecule has 0 aliphatic carbocycles. The zero-order valence-corrected chi connectivity index (χ0v) is 21.4. The van der Waals surface area contributed by atoms with Gasteiger partial charge < -0.3 is 10.6 Å². The number of carbonyl (C=O) groups is 1. The lowest BCUT2D eigenvalue weighted by molar-refractivity contribution is -0.120. The maximum Gasteiger partial charge on any atom is 0.250 e. The predicted molar refractivity (Wildman–Crippen MR) is 142 cm³/mol. The number of azo groups is 1. The van der Waals surface area contributed by atoms with E-state index in [1.54, 1.807) is 0 Å². The summed E-state index contributed by atoms with van der Waals surface area (Å²) in [5, 5.41) is 16.7. The number of rotatable bonds is 3. The van der Waals surface area contributed by atoms with Gasteiger partial charge in [-0.3, -0.25) is 9.78 Å². The molecule has 4 heterocycles. The molecule has 2 aromatic carbocycles. The third kappa shape index (κ3) is 3.16. The fraction of sp³-hybridized carbons (Fsp3) is 0.333. The van der Waals surface area contributed by atoms with Crippen LogP contribution in [0.15, 0.2) is 81.9 Å². The molecule has 6 heteroatoms. The van der Waals surface area contributed by atoms with Crippen LogP contribution in [0.25, 0.3) is 22.0 Å². The van der Waals surface area contributed by atoms with E-state index in [2.05, 4.69) is 97.9 Å². The van der Waals surface area contributed by atoms with E-state index in [0.717, 1.165) is 62.8 Å². The molecule has 3 aliphatic rings. The standard InChI is InChI=1S/C30H31N5O/c1-6-30(22-16-32-35-27(22)33-23-14-29(4,5)34-28(36)25(23)30)20-11-8-10-19(13-20)24-18(3)15-31-26-17(2)9-7-12-21(24)26/h7-13,15-16,27,33H,6,14H2,1-5H3,(H,34,36)/t27?,30-/m1/s1. The zero-order valence-electron chi connectivity index (χ0n) is 21.4. The van der Waals surface area contributed by atoms with Crippen molar-refractivity contribution in [2.45, 2.75) is 64.6 Å². The molecular weight excluding hydrogens is 446 g/mol. The van der Waals surface area contributed by atoms with Crippen LogP contribution >= 0.6 is 0 Å². The number of benzene rings is 2. The Bertz CT molecular complexity index is 1530. The maximum atomic E-state index is 13.7. The van der Waals surface area contributed by atoms with Crippen molar-refractivity contribution in [2.24, 2.45) is 10.2 Å². The first-order valence-electron chi connectivity index (χ1n) is 12.6. The highest BCUT2D eigenvalue weighted by Gasteiger charge is 2.53. The van der Waals surface area contributed by atoms with E-state index in [0.29, 0.717) is 0 Å². The molecule has 1 amide bonds. The largest absolute Gasteiger partial charge is 0.362 e. The Kier molecular flexibility index (Phi) is 4.94. The second-order valence-corrected chi connectivity index (χ2v) is 10.9. The minimum atomic E-state index is -0.613. The van der Waals surface area contributed by atoms with Crippen molar-refractivity contribution in [3.8, 4) is 11.1 Å². The highest BCUT2D eigenvalue weighted by Crippen LogP contribution is 2.51. The minimum absolute atomic E-state index is 0.0200. The fourth-order valence-electron chi connectivity index (χ4n) is 6.40. The molecule has 3 aliphatic heterocycles. The topological polar surface area (TPSA) is 78.7 Å². The lowest BCUT2D eigenvalue weighted by atomic mass is 9.62. The third-order valence-corrected chi connectivity index (χ3v) is 7.97. The number of pyridine rings is 1. The summed E-state index contributed by atoms with van der Waals surface area (Å²) in [6.07, 6.45) is 5.01. The lowest BCUT2D eigenvalue weighted by Crippen LogP contribution is -2.58. The number of para-hydroxylation sites is 1. The number of hydrogen-bond acceptors (Lipinski definition) is 5. The van der Waals surface area contributed by atoms with E-state index < -0.39 is 5.41 Å². The lowest BCUT2D eigenvalue weighted by Gasteiger charge is -2.48. The Balaban J connectivity index is 1.61. The van der Waals surface area contributed by atoms with Gasteiger partial charge >= 0.3 is 0 Å². The summed E-state index contributed by atoms with van der Waals surface area (Å²) in [6, 6.07) is 15.0. The molecule has 2 N–H and O–H groups in total. The van der Waals surface area contributed by atoms with Gasteiger partial charge in [-0.1, -0.05) is 43.3 Å². The van der Waals surface area contributed by atoms with Crippen molar-refractivity contribution < 1.29 is 4.79 Å². The molecule has 0 bridgehead atoms. The van der Waals surface area contributed by atoms with Crippen molar-refractivity contribution >= 4 is 16.8 Å². The molecule has 3 aromatic rings. The van der Waals surface area contributed by atoms with Gasteiger partial charge in [-0.25, -0.2) is 0 Å². The Morgan fingerprint density at radius 3 is 2.69 bits per heavy atom.